The van der Waals surface area contributed by atoms with Gasteiger partial charge in [0.2, 0.25) is 5.91 Å². The fourth-order valence-corrected chi connectivity index (χ4v) is 3.60. The summed E-state index contributed by atoms with van der Waals surface area (Å²) in [5.41, 5.74) is 1.08. The first kappa shape index (κ1) is 17.2. The molecule has 1 aliphatic heterocycles. The minimum atomic E-state index is -0.901. The van der Waals surface area contributed by atoms with E-state index in [0.29, 0.717) is 19.4 Å². The summed E-state index contributed by atoms with van der Waals surface area (Å²) in [5, 5.41) is 0. The van der Waals surface area contributed by atoms with Crippen LogP contribution in [0.4, 0.5) is 0 Å². The van der Waals surface area contributed by atoms with Crippen molar-refractivity contribution in [2.75, 3.05) is 6.54 Å². The van der Waals surface area contributed by atoms with Gasteiger partial charge in [0.25, 0.3) is 0 Å². The number of rotatable bonds is 5. The van der Waals surface area contributed by atoms with Crippen LogP contribution in [0.2, 0.25) is 0 Å². The van der Waals surface area contributed by atoms with Crippen molar-refractivity contribution in [3.8, 4) is 0 Å². The predicted molar refractivity (Wildman–Crippen MR) is 95.7 cm³/mol. The average molecular weight is 337 g/mol. The second-order valence-corrected chi connectivity index (χ2v) is 6.53. The van der Waals surface area contributed by atoms with Crippen LogP contribution in [0.1, 0.15) is 30.9 Å². The van der Waals surface area contributed by atoms with Crippen molar-refractivity contribution in [1.29, 1.82) is 0 Å². The number of amides is 1. The van der Waals surface area contributed by atoms with Gasteiger partial charge in [0.1, 0.15) is 12.1 Å². The number of ether oxygens (including phenoxy) is 1. The van der Waals surface area contributed by atoms with Crippen LogP contribution in [0, 0.1) is 0 Å². The molecule has 25 heavy (non-hydrogen) atoms. The van der Waals surface area contributed by atoms with E-state index in [4.69, 9.17) is 4.74 Å². The molecule has 1 heterocycles. The van der Waals surface area contributed by atoms with Gasteiger partial charge in [0.15, 0.2) is 0 Å². The third kappa shape index (κ3) is 3.73. The zero-order valence-electron chi connectivity index (χ0n) is 14.5. The SMILES string of the molecule is CC(=O)N1CCC[C@]1(Cc1ccccc1)C(=O)OCc1ccccc1. The van der Waals surface area contributed by atoms with E-state index in [1.165, 1.54) is 6.92 Å². The van der Waals surface area contributed by atoms with Crippen LogP contribution >= 0.6 is 0 Å². The maximum atomic E-state index is 13.0. The van der Waals surface area contributed by atoms with Crippen LogP contribution in [0.25, 0.3) is 0 Å². The Morgan fingerprint density at radius 2 is 1.60 bits per heavy atom. The molecular formula is C21H23NO3. The van der Waals surface area contributed by atoms with Crippen molar-refractivity contribution in [3.63, 3.8) is 0 Å². The van der Waals surface area contributed by atoms with E-state index in [9.17, 15) is 9.59 Å². The van der Waals surface area contributed by atoms with Crippen LogP contribution in [-0.2, 0) is 27.4 Å². The van der Waals surface area contributed by atoms with Crippen LogP contribution in [0.3, 0.4) is 0 Å². The van der Waals surface area contributed by atoms with E-state index in [2.05, 4.69) is 0 Å². The minimum absolute atomic E-state index is 0.0786. The molecule has 4 nitrogen and oxygen atoms in total. The number of carbonyl (C=O) groups excluding carboxylic acids is 2. The van der Waals surface area contributed by atoms with Gasteiger partial charge in [-0.3, -0.25) is 4.79 Å². The van der Waals surface area contributed by atoms with Crippen molar-refractivity contribution in [3.05, 3.63) is 71.8 Å². The zero-order valence-corrected chi connectivity index (χ0v) is 14.5. The lowest BCUT2D eigenvalue weighted by molar-refractivity contribution is -0.162. The van der Waals surface area contributed by atoms with Crippen molar-refractivity contribution in [2.24, 2.45) is 0 Å². The molecule has 0 aromatic heterocycles. The molecule has 0 saturated carbocycles. The lowest BCUT2D eigenvalue weighted by Gasteiger charge is -2.36. The summed E-state index contributed by atoms with van der Waals surface area (Å²) < 4.78 is 5.64. The molecule has 1 saturated heterocycles. The first-order chi connectivity index (χ1) is 12.1. The van der Waals surface area contributed by atoms with Gasteiger partial charge in [-0.1, -0.05) is 60.7 Å². The maximum absolute atomic E-state index is 13.0. The molecule has 0 spiro atoms. The summed E-state index contributed by atoms with van der Waals surface area (Å²) in [6.07, 6.45) is 1.93. The quantitative estimate of drug-likeness (QED) is 0.786. The summed E-state index contributed by atoms with van der Waals surface area (Å²) in [6.45, 7) is 2.35. The highest BCUT2D eigenvalue weighted by Gasteiger charge is 2.50. The Bertz CT molecular complexity index is 729. The molecule has 1 amide bonds. The van der Waals surface area contributed by atoms with Gasteiger partial charge in [0.05, 0.1) is 0 Å². The van der Waals surface area contributed by atoms with Gasteiger partial charge in [-0.25, -0.2) is 4.79 Å². The number of hydrogen-bond donors (Lipinski definition) is 0. The van der Waals surface area contributed by atoms with Crippen LogP contribution in [0.5, 0.6) is 0 Å². The number of esters is 1. The summed E-state index contributed by atoms with van der Waals surface area (Å²) in [4.78, 5) is 26.9. The van der Waals surface area contributed by atoms with Gasteiger partial charge < -0.3 is 9.64 Å². The average Bonchev–Trinajstić information content (AvgIpc) is 3.06. The molecule has 0 N–H and O–H groups in total. The molecule has 1 aliphatic rings. The van der Waals surface area contributed by atoms with Crippen molar-refractivity contribution in [1.82, 2.24) is 4.90 Å². The van der Waals surface area contributed by atoms with Crippen LogP contribution in [-0.4, -0.2) is 28.9 Å². The molecule has 4 heteroatoms. The Morgan fingerprint density at radius 3 is 2.20 bits per heavy atom. The Hall–Kier alpha value is -2.62. The van der Waals surface area contributed by atoms with Gasteiger partial charge in [-0.2, -0.15) is 0 Å². The third-order valence-corrected chi connectivity index (χ3v) is 4.80. The molecule has 0 bridgehead atoms. The van der Waals surface area contributed by atoms with Gasteiger partial charge >= 0.3 is 5.97 Å². The molecule has 0 aliphatic carbocycles. The smallest absolute Gasteiger partial charge is 0.332 e. The minimum Gasteiger partial charge on any atom is -0.459 e. The van der Waals surface area contributed by atoms with Crippen molar-refractivity contribution >= 4 is 11.9 Å². The molecule has 1 atom stereocenters. The molecule has 0 radical (unpaired) electrons. The number of nitrogens with zero attached hydrogens (tertiary/aromatic N) is 1. The summed E-state index contributed by atoms with van der Waals surface area (Å²) in [5.74, 6) is -0.391. The Morgan fingerprint density at radius 1 is 1.00 bits per heavy atom. The maximum Gasteiger partial charge on any atom is 0.332 e. The van der Waals surface area contributed by atoms with E-state index in [1.807, 2.05) is 60.7 Å². The number of carbonyl (C=O) groups is 2. The normalized spacial score (nSPS) is 19.6. The van der Waals surface area contributed by atoms with Gasteiger partial charge in [-0.15, -0.1) is 0 Å². The zero-order chi connectivity index (χ0) is 17.7. The summed E-state index contributed by atoms with van der Waals surface area (Å²) in [6, 6.07) is 19.4. The van der Waals surface area contributed by atoms with E-state index in [0.717, 1.165) is 17.5 Å². The largest absolute Gasteiger partial charge is 0.459 e. The highest BCUT2D eigenvalue weighted by molar-refractivity contribution is 5.88. The standard InChI is InChI=1S/C21H23NO3/c1-17(23)22-14-8-13-21(22,15-18-9-4-2-5-10-18)20(24)25-16-19-11-6-3-7-12-19/h2-7,9-12H,8,13-16H2,1H3/t21-/m0/s1. The molecule has 0 unspecified atom stereocenters. The first-order valence-corrected chi connectivity index (χ1v) is 8.65. The Labute approximate surface area is 148 Å². The van der Waals surface area contributed by atoms with E-state index >= 15 is 0 Å². The first-order valence-electron chi connectivity index (χ1n) is 8.65. The third-order valence-electron chi connectivity index (χ3n) is 4.80. The number of likely N-dealkylation sites (tertiary alicyclic amines) is 1. The molecule has 3 rings (SSSR count). The lowest BCUT2D eigenvalue weighted by atomic mass is 9.88. The number of hydrogen-bond acceptors (Lipinski definition) is 3. The second kappa shape index (κ2) is 7.51. The highest BCUT2D eigenvalue weighted by atomic mass is 16.5. The monoisotopic (exact) mass is 337 g/mol. The fraction of sp³-hybridized carbons (Fsp3) is 0.333. The van der Waals surface area contributed by atoms with E-state index < -0.39 is 5.54 Å². The van der Waals surface area contributed by atoms with E-state index in [1.54, 1.807) is 4.90 Å². The molecular weight excluding hydrogens is 314 g/mol. The topological polar surface area (TPSA) is 46.6 Å². The molecule has 130 valence electrons. The van der Waals surface area contributed by atoms with Gasteiger partial charge in [0, 0.05) is 19.9 Å². The summed E-state index contributed by atoms with van der Waals surface area (Å²) >= 11 is 0. The van der Waals surface area contributed by atoms with Gasteiger partial charge in [-0.05, 0) is 24.0 Å². The molecule has 1 fully saturated rings. The molecule has 2 aromatic carbocycles. The fourth-order valence-electron chi connectivity index (χ4n) is 3.60. The number of benzene rings is 2. The van der Waals surface area contributed by atoms with Crippen LogP contribution in [0.15, 0.2) is 60.7 Å². The highest BCUT2D eigenvalue weighted by Crippen LogP contribution is 2.34. The summed E-state index contributed by atoms with van der Waals surface area (Å²) in [7, 11) is 0. The Balaban J connectivity index is 1.83. The van der Waals surface area contributed by atoms with Crippen LogP contribution < -0.4 is 0 Å². The Kier molecular flexibility index (Phi) is 5.17. The second-order valence-electron chi connectivity index (χ2n) is 6.53. The van der Waals surface area contributed by atoms with Crippen molar-refractivity contribution < 1.29 is 14.3 Å². The molecule has 2 aromatic rings. The van der Waals surface area contributed by atoms with Crippen molar-refractivity contribution in [2.45, 2.75) is 38.3 Å². The van der Waals surface area contributed by atoms with E-state index in [-0.39, 0.29) is 18.5 Å². The predicted octanol–water partition coefficient (Wildman–Crippen LogP) is 3.35. The lowest BCUT2D eigenvalue weighted by Crippen LogP contribution is -2.54.